The second-order valence-corrected chi connectivity index (χ2v) is 11.2. The van der Waals surface area contributed by atoms with Gasteiger partial charge in [-0.3, -0.25) is 18.8 Å². The monoisotopic (exact) mass is 625 g/mol. The van der Waals surface area contributed by atoms with Crippen molar-refractivity contribution in [1.29, 1.82) is 0 Å². The summed E-state index contributed by atoms with van der Waals surface area (Å²) in [6, 6.07) is 21.4. The standard InChI is InChI=1S/C34H30F3N7O2/c1-23-30(32(45)40(3)33(46)43(23)28-11-7-10-25(20-28)34(35,36)37)31-29(21-39-44(31)27-14-12-26(38-2)13-15-27)42-18-16-41(17-19-42)22-24-8-5-4-6-9-24/h4-15,20-21H,16-19,22H2,1,3H3. The summed E-state index contributed by atoms with van der Waals surface area (Å²) in [6.45, 7) is 12.4. The minimum Gasteiger partial charge on any atom is -0.366 e. The van der Waals surface area contributed by atoms with E-state index in [0.717, 1.165) is 40.9 Å². The number of nitrogens with zero attached hydrogens (tertiary/aromatic N) is 7. The molecule has 9 nitrogen and oxygen atoms in total. The summed E-state index contributed by atoms with van der Waals surface area (Å²) in [5.41, 5.74) is 1.29. The zero-order valence-electron chi connectivity index (χ0n) is 25.2. The van der Waals surface area contributed by atoms with Gasteiger partial charge in [0.25, 0.3) is 5.56 Å². The molecule has 1 fully saturated rings. The number of aromatic nitrogens is 4. The Hall–Kier alpha value is -5.41. The molecule has 0 bridgehead atoms. The van der Waals surface area contributed by atoms with Gasteiger partial charge in [-0.05, 0) is 42.8 Å². The number of benzene rings is 3. The van der Waals surface area contributed by atoms with E-state index in [1.165, 1.54) is 24.7 Å². The summed E-state index contributed by atoms with van der Waals surface area (Å²) in [4.78, 5) is 35.4. The van der Waals surface area contributed by atoms with Gasteiger partial charge in [0.2, 0.25) is 0 Å². The zero-order chi connectivity index (χ0) is 32.6. The van der Waals surface area contributed by atoms with Gasteiger partial charge in [0.05, 0.1) is 41.0 Å². The Kier molecular flexibility index (Phi) is 8.10. The first-order valence-electron chi connectivity index (χ1n) is 14.6. The first kappa shape index (κ1) is 30.6. The van der Waals surface area contributed by atoms with E-state index >= 15 is 0 Å². The lowest BCUT2D eigenvalue weighted by molar-refractivity contribution is -0.137. The molecule has 3 aromatic carbocycles. The number of hydrogen-bond acceptors (Lipinski definition) is 5. The van der Waals surface area contributed by atoms with Crippen molar-refractivity contribution in [1.82, 2.24) is 23.8 Å². The van der Waals surface area contributed by atoms with E-state index < -0.39 is 23.0 Å². The molecular weight excluding hydrogens is 595 g/mol. The third-order valence-corrected chi connectivity index (χ3v) is 8.30. The molecule has 0 saturated carbocycles. The second-order valence-electron chi connectivity index (χ2n) is 11.2. The number of alkyl halides is 3. The lowest BCUT2D eigenvalue weighted by Gasteiger charge is -2.36. The quantitative estimate of drug-likeness (QED) is 0.230. The number of halogens is 3. The van der Waals surface area contributed by atoms with Gasteiger partial charge in [0.1, 0.15) is 5.69 Å². The van der Waals surface area contributed by atoms with Gasteiger partial charge < -0.3 is 4.90 Å². The normalized spacial score (nSPS) is 14.0. The van der Waals surface area contributed by atoms with Crippen LogP contribution in [0.1, 0.15) is 16.8 Å². The highest BCUT2D eigenvalue weighted by atomic mass is 19.4. The van der Waals surface area contributed by atoms with Crippen molar-refractivity contribution < 1.29 is 13.2 Å². The van der Waals surface area contributed by atoms with Crippen molar-refractivity contribution in [2.24, 2.45) is 7.05 Å². The Morgan fingerprint density at radius 2 is 1.59 bits per heavy atom. The minimum absolute atomic E-state index is 0.0160. The fourth-order valence-corrected chi connectivity index (χ4v) is 5.87. The predicted molar refractivity (Wildman–Crippen MR) is 170 cm³/mol. The largest absolute Gasteiger partial charge is 0.416 e. The summed E-state index contributed by atoms with van der Waals surface area (Å²) >= 11 is 0. The van der Waals surface area contributed by atoms with Gasteiger partial charge >= 0.3 is 11.9 Å². The van der Waals surface area contributed by atoms with Crippen LogP contribution in [0.3, 0.4) is 0 Å². The van der Waals surface area contributed by atoms with E-state index in [-0.39, 0.29) is 16.9 Å². The maximum atomic E-state index is 14.0. The number of piperazine rings is 1. The van der Waals surface area contributed by atoms with Crippen molar-refractivity contribution in [3.63, 3.8) is 0 Å². The van der Waals surface area contributed by atoms with Crippen LogP contribution in [-0.2, 0) is 19.8 Å². The molecule has 12 heteroatoms. The summed E-state index contributed by atoms with van der Waals surface area (Å²) in [7, 11) is 1.31. The molecule has 234 valence electrons. The lowest BCUT2D eigenvalue weighted by Crippen LogP contribution is -2.46. The average Bonchev–Trinajstić information content (AvgIpc) is 3.49. The van der Waals surface area contributed by atoms with E-state index in [9.17, 15) is 22.8 Å². The molecule has 0 amide bonds. The Morgan fingerprint density at radius 3 is 2.24 bits per heavy atom. The van der Waals surface area contributed by atoms with Crippen LogP contribution in [0.25, 0.3) is 27.5 Å². The van der Waals surface area contributed by atoms with Crippen molar-refractivity contribution in [3.05, 3.63) is 134 Å². The molecule has 1 aliphatic heterocycles. The second kappa shape index (κ2) is 12.2. The summed E-state index contributed by atoms with van der Waals surface area (Å²) < 4.78 is 44.6. The van der Waals surface area contributed by atoms with E-state index in [1.807, 2.05) is 18.2 Å². The van der Waals surface area contributed by atoms with Crippen molar-refractivity contribution in [3.8, 4) is 22.6 Å². The van der Waals surface area contributed by atoms with Gasteiger partial charge in [-0.25, -0.2) is 14.3 Å². The third-order valence-electron chi connectivity index (χ3n) is 8.30. The van der Waals surface area contributed by atoms with E-state index in [0.29, 0.717) is 35.8 Å². The molecule has 0 unspecified atom stereocenters. The maximum Gasteiger partial charge on any atom is 0.416 e. The third kappa shape index (κ3) is 5.73. The molecule has 0 atom stereocenters. The summed E-state index contributed by atoms with van der Waals surface area (Å²) in [6.07, 6.45) is -2.95. The van der Waals surface area contributed by atoms with Crippen LogP contribution in [0.5, 0.6) is 0 Å². The fourth-order valence-electron chi connectivity index (χ4n) is 5.87. The van der Waals surface area contributed by atoms with E-state index in [1.54, 1.807) is 42.1 Å². The van der Waals surface area contributed by atoms with Crippen LogP contribution >= 0.6 is 0 Å². The van der Waals surface area contributed by atoms with Gasteiger partial charge in [-0.2, -0.15) is 18.3 Å². The van der Waals surface area contributed by atoms with Gasteiger partial charge in [0.15, 0.2) is 5.69 Å². The highest BCUT2D eigenvalue weighted by molar-refractivity contribution is 5.78. The van der Waals surface area contributed by atoms with Crippen LogP contribution in [0.2, 0.25) is 0 Å². The Labute approximate surface area is 262 Å². The minimum atomic E-state index is -4.62. The van der Waals surface area contributed by atoms with Crippen LogP contribution < -0.4 is 16.1 Å². The Morgan fingerprint density at radius 1 is 0.891 bits per heavy atom. The molecule has 5 aromatic rings. The van der Waals surface area contributed by atoms with E-state index in [4.69, 9.17) is 6.57 Å². The molecule has 0 radical (unpaired) electrons. The summed E-state index contributed by atoms with van der Waals surface area (Å²) in [5, 5.41) is 4.66. The number of rotatable bonds is 6. The molecule has 0 spiro atoms. The fraction of sp³-hybridized carbons (Fsp3) is 0.235. The van der Waals surface area contributed by atoms with Gasteiger partial charge in [-0.1, -0.05) is 48.5 Å². The molecule has 0 N–H and O–H groups in total. The highest BCUT2D eigenvalue weighted by Gasteiger charge is 2.32. The average molecular weight is 626 g/mol. The SMILES string of the molecule is [C-]#[N+]c1ccc(-n2ncc(N3CCN(Cc4ccccc4)CC3)c2-c2c(C)n(-c3cccc(C(F)(F)F)c3)c(=O)n(C)c2=O)cc1. The maximum absolute atomic E-state index is 14.0. The molecule has 1 aliphatic rings. The molecule has 6 rings (SSSR count). The van der Waals surface area contributed by atoms with Gasteiger partial charge in [-0.15, -0.1) is 0 Å². The molecule has 46 heavy (non-hydrogen) atoms. The van der Waals surface area contributed by atoms with Crippen molar-refractivity contribution in [2.75, 3.05) is 31.1 Å². The first-order chi connectivity index (χ1) is 22.1. The van der Waals surface area contributed by atoms with E-state index in [2.05, 4.69) is 31.9 Å². The Balaban J connectivity index is 1.49. The molecule has 2 aromatic heterocycles. The van der Waals surface area contributed by atoms with Crippen LogP contribution in [0.4, 0.5) is 24.5 Å². The molecule has 3 heterocycles. The van der Waals surface area contributed by atoms with Gasteiger partial charge in [0, 0.05) is 45.5 Å². The summed E-state index contributed by atoms with van der Waals surface area (Å²) in [5.74, 6) is 0. The number of anilines is 1. The van der Waals surface area contributed by atoms with Crippen molar-refractivity contribution >= 4 is 11.4 Å². The lowest BCUT2D eigenvalue weighted by atomic mass is 10.1. The van der Waals surface area contributed by atoms with Crippen LogP contribution in [-0.4, -0.2) is 50.0 Å². The highest BCUT2D eigenvalue weighted by Crippen LogP contribution is 2.35. The molecule has 0 aliphatic carbocycles. The smallest absolute Gasteiger partial charge is 0.366 e. The first-order valence-corrected chi connectivity index (χ1v) is 14.6. The van der Waals surface area contributed by atoms with Crippen LogP contribution in [0.15, 0.2) is 94.6 Å². The van der Waals surface area contributed by atoms with Crippen molar-refractivity contribution in [2.45, 2.75) is 19.6 Å². The van der Waals surface area contributed by atoms with Crippen LogP contribution in [0, 0.1) is 13.5 Å². The Bertz CT molecular complexity index is 2050. The predicted octanol–water partition coefficient (Wildman–Crippen LogP) is 5.59. The zero-order valence-corrected chi connectivity index (χ0v) is 25.2. The topological polar surface area (TPSA) is 72.7 Å². The number of hydrogen-bond donors (Lipinski definition) is 0. The molecule has 1 saturated heterocycles. The molecular formula is C34H30F3N7O2.